The Kier molecular flexibility index (Phi) is 2.03. The van der Waals surface area contributed by atoms with Gasteiger partial charge in [-0.2, -0.15) is 0 Å². The Balaban J connectivity index is 1.81. The fourth-order valence-corrected chi connectivity index (χ4v) is 13.8. The van der Waals surface area contributed by atoms with E-state index in [-0.39, 0.29) is 13.2 Å². The molecule has 1 heterocycles. The molecule has 7 rings (SSSR count). The maximum Gasteiger partial charge on any atom is 0.315 e. The van der Waals surface area contributed by atoms with E-state index >= 15 is 0 Å². The number of alkyl halides is 7. The molecule has 1 aliphatic heterocycles. The first-order valence-electron chi connectivity index (χ1n) is 6.74. The molecular formula is C12H5Cl7O4. The van der Waals surface area contributed by atoms with Crippen LogP contribution < -0.4 is 0 Å². The molecule has 4 nitrogen and oxygen atoms in total. The van der Waals surface area contributed by atoms with Crippen LogP contribution in [-0.2, 0) is 14.3 Å². The first kappa shape index (κ1) is 15.5. The molecule has 11 heteroatoms. The maximum absolute atomic E-state index is 12.1. The van der Waals surface area contributed by atoms with Gasteiger partial charge in [0.25, 0.3) is 0 Å². The molecule has 23 heavy (non-hydrogen) atoms. The third-order valence-corrected chi connectivity index (χ3v) is 13.9. The first-order valence-corrected chi connectivity index (χ1v) is 9.38. The summed E-state index contributed by atoms with van der Waals surface area (Å²) in [4.78, 5) is 0.310. The summed E-state index contributed by atoms with van der Waals surface area (Å²) in [5.41, 5.74) is -1.82. The molecule has 0 unspecified atom stereocenters. The van der Waals surface area contributed by atoms with Crippen molar-refractivity contribution in [2.45, 2.75) is 39.9 Å². The Morgan fingerprint density at radius 2 is 1.04 bits per heavy atom. The Bertz CT molecular complexity index is 749. The lowest BCUT2D eigenvalue weighted by Crippen LogP contribution is -3.26. The minimum Gasteiger partial charge on any atom is -0.481 e. The summed E-state index contributed by atoms with van der Waals surface area (Å²) in [7, 11) is 0. The summed E-state index contributed by atoms with van der Waals surface area (Å²) in [6, 6.07) is 0. The van der Waals surface area contributed by atoms with Gasteiger partial charge in [0.2, 0.25) is 5.79 Å². The fraction of sp³-hybridized carbons (Fsp3) is 0.917. The topological polar surface area (TPSA) is 55.8 Å². The molecule has 0 aromatic carbocycles. The van der Waals surface area contributed by atoms with Crippen LogP contribution in [0.3, 0.4) is 0 Å². The molecule has 0 amide bonds. The molecule has 0 aromatic heterocycles. The highest BCUT2D eigenvalue weighted by Gasteiger charge is 3.38. The van der Waals surface area contributed by atoms with E-state index in [4.69, 9.17) is 90.7 Å². The number of ether oxygens (including phenoxy) is 2. The number of halogens is 7. The van der Waals surface area contributed by atoms with Crippen LogP contribution >= 0.6 is 81.2 Å². The molecule has 6 saturated carbocycles. The zero-order valence-corrected chi connectivity index (χ0v) is 16.0. The SMILES string of the molecule is O=C(O)C12C3(Cl)[C@]4(Cl)C5(Cl)C6(OCCO6)C(Cl)([C@]14Cl)[C@@]2(Cl)[C@@]53Cl. The molecule has 4 atom stereocenters. The number of carboxylic acids is 1. The van der Waals surface area contributed by atoms with Gasteiger partial charge in [-0.15, -0.1) is 81.2 Å². The Morgan fingerprint density at radius 3 is 1.43 bits per heavy atom. The van der Waals surface area contributed by atoms with Crippen molar-refractivity contribution in [2.24, 2.45) is 5.41 Å². The second-order valence-corrected chi connectivity index (χ2v) is 10.9. The Labute approximate surface area is 164 Å². The lowest BCUT2D eigenvalue weighted by molar-refractivity contribution is -0.332. The second kappa shape index (κ2) is 3.02. The van der Waals surface area contributed by atoms with Gasteiger partial charge in [-0.3, -0.25) is 4.79 Å². The van der Waals surface area contributed by atoms with E-state index in [9.17, 15) is 9.90 Å². The largest absolute Gasteiger partial charge is 0.481 e. The van der Waals surface area contributed by atoms with Crippen molar-refractivity contribution >= 4 is 87.2 Å². The lowest BCUT2D eigenvalue weighted by Gasteiger charge is -3.03. The average molecular weight is 461 g/mol. The third-order valence-electron chi connectivity index (χ3n) is 7.27. The molecule has 7 fully saturated rings. The van der Waals surface area contributed by atoms with Crippen LogP contribution in [0.25, 0.3) is 0 Å². The van der Waals surface area contributed by atoms with Crippen molar-refractivity contribution in [1.29, 1.82) is 0 Å². The van der Waals surface area contributed by atoms with E-state index in [1.807, 2.05) is 0 Å². The molecule has 7 aliphatic rings. The van der Waals surface area contributed by atoms with Crippen molar-refractivity contribution < 1.29 is 19.4 Å². The molecule has 1 N–H and O–H groups in total. The fourth-order valence-electron chi connectivity index (χ4n) is 7.02. The number of hydrogen-bond donors (Lipinski definition) is 1. The summed E-state index contributed by atoms with van der Waals surface area (Å²) in [5, 5.41) is 9.89. The van der Waals surface area contributed by atoms with E-state index in [0.717, 1.165) is 0 Å². The average Bonchev–Trinajstić information content (AvgIpc) is 3.01. The van der Waals surface area contributed by atoms with Crippen LogP contribution in [0.4, 0.5) is 0 Å². The number of hydrogen-bond acceptors (Lipinski definition) is 3. The molecule has 6 aliphatic carbocycles. The van der Waals surface area contributed by atoms with Gasteiger partial charge in [-0.25, -0.2) is 0 Å². The second-order valence-electron chi connectivity index (χ2n) is 6.98. The number of rotatable bonds is 1. The van der Waals surface area contributed by atoms with Crippen LogP contribution in [0, 0.1) is 5.41 Å². The van der Waals surface area contributed by atoms with Gasteiger partial charge in [-0.05, 0) is 0 Å². The van der Waals surface area contributed by atoms with Crippen LogP contribution in [0.5, 0.6) is 0 Å². The minimum absolute atomic E-state index is 0.179. The smallest absolute Gasteiger partial charge is 0.315 e. The highest BCUT2D eigenvalue weighted by Crippen LogP contribution is 3.17. The highest BCUT2D eigenvalue weighted by atomic mass is 35.5. The van der Waals surface area contributed by atoms with E-state index in [1.54, 1.807) is 0 Å². The molecule has 1 spiro atoms. The van der Waals surface area contributed by atoms with E-state index < -0.39 is 51.3 Å². The minimum atomic E-state index is -1.82. The van der Waals surface area contributed by atoms with E-state index in [2.05, 4.69) is 0 Å². The number of carbonyl (C=O) groups is 1. The highest BCUT2D eigenvalue weighted by molar-refractivity contribution is 6.72. The molecule has 2 bridgehead atoms. The van der Waals surface area contributed by atoms with E-state index in [0.29, 0.717) is 0 Å². The van der Waals surface area contributed by atoms with Crippen molar-refractivity contribution in [3.63, 3.8) is 0 Å². The molecule has 126 valence electrons. The zero-order valence-electron chi connectivity index (χ0n) is 10.7. The first-order chi connectivity index (χ1) is 10.4. The van der Waals surface area contributed by atoms with Gasteiger partial charge < -0.3 is 14.6 Å². The van der Waals surface area contributed by atoms with Crippen LogP contribution in [0.1, 0.15) is 0 Å². The lowest BCUT2D eigenvalue weighted by atomic mass is 9.10. The van der Waals surface area contributed by atoms with Gasteiger partial charge in [-0.1, -0.05) is 0 Å². The van der Waals surface area contributed by atoms with Crippen LogP contribution in [-0.4, -0.2) is 64.2 Å². The molecule has 0 radical (unpaired) electrons. The zero-order chi connectivity index (χ0) is 16.9. The summed E-state index contributed by atoms with van der Waals surface area (Å²) in [5.74, 6) is -3.01. The normalized spacial score (nSPS) is 77.0. The van der Waals surface area contributed by atoms with Crippen molar-refractivity contribution in [2.75, 3.05) is 13.2 Å². The molecule has 0 aromatic rings. The van der Waals surface area contributed by atoms with Gasteiger partial charge in [0.05, 0.1) is 13.2 Å². The predicted molar refractivity (Wildman–Crippen MR) is 84.8 cm³/mol. The van der Waals surface area contributed by atoms with Crippen molar-refractivity contribution in [1.82, 2.24) is 0 Å². The van der Waals surface area contributed by atoms with E-state index in [1.165, 1.54) is 0 Å². The van der Waals surface area contributed by atoms with Crippen LogP contribution in [0.15, 0.2) is 0 Å². The van der Waals surface area contributed by atoms with Crippen LogP contribution in [0.2, 0.25) is 0 Å². The summed E-state index contributed by atoms with van der Waals surface area (Å²) >= 11 is 47.4. The summed E-state index contributed by atoms with van der Waals surface area (Å²) in [6.07, 6.45) is 0. The Morgan fingerprint density at radius 1 is 0.696 bits per heavy atom. The predicted octanol–water partition coefficient (Wildman–Crippen LogP) is 2.71. The van der Waals surface area contributed by atoms with Gasteiger partial charge in [0.15, 0.2) is 0 Å². The third kappa shape index (κ3) is 0.604. The standard InChI is InChI=1S/C12H5Cl7O4/c13-5-4(3(20)21)6(14)8(5,16)11(19)9(5,17)7(4,15)10(6,18)12(11)22-1-2-23-12/h1-2H2,(H,20,21)/t4?,5?,6-,7-,8+,9+,10?,11?/m0/s1. The maximum atomic E-state index is 12.1. The molecular weight excluding hydrogens is 456 g/mol. The van der Waals surface area contributed by atoms with Gasteiger partial charge in [0.1, 0.15) is 39.5 Å². The van der Waals surface area contributed by atoms with Gasteiger partial charge >= 0.3 is 5.97 Å². The Hall–Kier alpha value is 1.42. The summed E-state index contributed by atoms with van der Waals surface area (Å²) < 4.78 is 11.5. The van der Waals surface area contributed by atoms with Crippen molar-refractivity contribution in [3.05, 3.63) is 0 Å². The monoisotopic (exact) mass is 458 g/mol. The number of carboxylic acid groups (broad SMARTS) is 1. The number of aliphatic carboxylic acids is 1. The van der Waals surface area contributed by atoms with Crippen molar-refractivity contribution in [3.8, 4) is 0 Å². The summed E-state index contributed by atoms with van der Waals surface area (Å²) in [6.45, 7) is 0.357. The quantitative estimate of drug-likeness (QED) is 0.611. The molecule has 1 saturated heterocycles. The van der Waals surface area contributed by atoms with Gasteiger partial charge in [0, 0.05) is 0 Å².